The van der Waals surface area contributed by atoms with E-state index in [1.807, 2.05) is 18.2 Å². The van der Waals surface area contributed by atoms with Crippen LogP contribution in [0.25, 0.3) is 6.08 Å². The van der Waals surface area contributed by atoms with Gasteiger partial charge in [-0.05, 0) is 84.4 Å². The molecule has 9 nitrogen and oxygen atoms in total. The second-order valence-electron chi connectivity index (χ2n) is 7.77. The van der Waals surface area contributed by atoms with Gasteiger partial charge in [-0.3, -0.25) is 24.1 Å². The Hall–Kier alpha value is -3.31. The van der Waals surface area contributed by atoms with Gasteiger partial charge in [-0.15, -0.1) is 0 Å². The molecule has 1 saturated heterocycles. The first kappa shape index (κ1) is 27.3. The quantitative estimate of drug-likeness (QED) is 0.315. The molecule has 1 aliphatic rings. The lowest BCUT2D eigenvalue weighted by Gasteiger charge is -2.15. The summed E-state index contributed by atoms with van der Waals surface area (Å²) in [5, 5.41) is 2.19. The summed E-state index contributed by atoms with van der Waals surface area (Å²) in [7, 11) is 0. The van der Waals surface area contributed by atoms with Gasteiger partial charge >= 0.3 is 5.97 Å². The number of imide groups is 1. The van der Waals surface area contributed by atoms with Gasteiger partial charge < -0.3 is 19.5 Å². The van der Waals surface area contributed by atoms with E-state index in [1.54, 1.807) is 45.0 Å². The molecule has 2 aromatic carbocycles. The highest BCUT2D eigenvalue weighted by atomic mass is 79.9. The Labute approximate surface area is 221 Å². The number of halogens is 1. The SMILES string of the molecule is CCOc1cc(/C=C2/SC(=O)N(CC(=O)OC(C)C)C2=O)cc(Br)c1OCC(=O)Nc1ccccc1. The Balaban J connectivity index is 1.74. The molecule has 190 valence electrons. The van der Waals surface area contributed by atoms with E-state index < -0.39 is 23.7 Å². The molecule has 0 saturated carbocycles. The number of hydrogen-bond acceptors (Lipinski definition) is 8. The number of para-hydroxylation sites is 1. The fraction of sp³-hybridized carbons (Fsp3) is 0.280. The molecule has 0 radical (unpaired) electrons. The van der Waals surface area contributed by atoms with Gasteiger partial charge in [-0.2, -0.15) is 0 Å². The van der Waals surface area contributed by atoms with Crippen molar-refractivity contribution in [3.05, 3.63) is 57.4 Å². The minimum atomic E-state index is -0.660. The molecule has 1 heterocycles. The number of carbonyl (C=O) groups is 4. The first-order valence-electron chi connectivity index (χ1n) is 11.1. The maximum atomic E-state index is 12.7. The van der Waals surface area contributed by atoms with Crippen LogP contribution in [0.1, 0.15) is 26.3 Å². The van der Waals surface area contributed by atoms with Crippen molar-refractivity contribution in [1.29, 1.82) is 0 Å². The van der Waals surface area contributed by atoms with Gasteiger partial charge in [0.25, 0.3) is 17.1 Å². The highest BCUT2D eigenvalue weighted by Crippen LogP contribution is 2.39. The summed E-state index contributed by atoms with van der Waals surface area (Å²) in [6.07, 6.45) is 1.17. The third kappa shape index (κ3) is 7.34. The third-order valence-corrected chi connectivity index (χ3v) is 6.06. The van der Waals surface area contributed by atoms with E-state index in [0.717, 1.165) is 16.7 Å². The van der Waals surface area contributed by atoms with Crippen molar-refractivity contribution in [2.75, 3.05) is 25.1 Å². The molecule has 0 unspecified atom stereocenters. The molecule has 1 aliphatic heterocycles. The Kier molecular flexibility index (Phi) is 9.54. The molecule has 1 N–H and O–H groups in total. The zero-order valence-corrected chi connectivity index (χ0v) is 22.3. The van der Waals surface area contributed by atoms with Crippen molar-refractivity contribution in [2.24, 2.45) is 0 Å². The number of amides is 3. The summed E-state index contributed by atoms with van der Waals surface area (Å²) < 4.78 is 16.9. The summed E-state index contributed by atoms with van der Waals surface area (Å²) in [4.78, 5) is 50.2. The van der Waals surface area contributed by atoms with Gasteiger partial charge in [0.15, 0.2) is 18.1 Å². The van der Waals surface area contributed by atoms with Crippen molar-refractivity contribution in [2.45, 2.75) is 26.9 Å². The Bertz CT molecular complexity index is 1180. The summed E-state index contributed by atoms with van der Waals surface area (Å²) >= 11 is 4.16. The minimum Gasteiger partial charge on any atom is -0.490 e. The number of thioether (sulfide) groups is 1. The van der Waals surface area contributed by atoms with Gasteiger partial charge in [0, 0.05) is 5.69 Å². The van der Waals surface area contributed by atoms with Gasteiger partial charge in [-0.1, -0.05) is 18.2 Å². The number of esters is 1. The monoisotopic (exact) mass is 576 g/mol. The minimum absolute atomic E-state index is 0.155. The molecule has 36 heavy (non-hydrogen) atoms. The first-order chi connectivity index (χ1) is 17.2. The molecule has 3 amide bonds. The maximum Gasteiger partial charge on any atom is 0.326 e. The maximum absolute atomic E-state index is 12.7. The number of hydrogen-bond donors (Lipinski definition) is 1. The van der Waals surface area contributed by atoms with Gasteiger partial charge in [-0.25, -0.2) is 0 Å². The van der Waals surface area contributed by atoms with Crippen LogP contribution in [0.3, 0.4) is 0 Å². The lowest BCUT2D eigenvalue weighted by molar-refractivity contribution is -0.149. The van der Waals surface area contributed by atoms with Crippen LogP contribution in [0.5, 0.6) is 11.5 Å². The van der Waals surface area contributed by atoms with Crippen LogP contribution >= 0.6 is 27.7 Å². The third-order valence-electron chi connectivity index (χ3n) is 4.56. The molecule has 0 bridgehead atoms. The smallest absolute Gasteiger partial charge is 0.326 e. The molecule has 3 rings (SSSR count). The summed E-state index contributed by atoms with van der Waals surface area (Å²) in [6, 6.07) is 12.3. The number of rotatable bonds is 10. The fourth-order valence-electron chi connectivity index (χ4n) is 3.15. The van der Waals surface area contributed by atoms with Crippen LogP contribution in [0.4, 0.5) is 10.5 Å². The molecule has 1 fully saturated rings. The Morgan fingerprint density at radius 1 is 1.14 bits per heavy atom. The van der Waals surface area contributed by atoms with Gasteiger partial charge in [0.05, 0.1) is 22.1 Å². The topological polar surface area (TPSA) is 111 Å². The lowest BCUT2D eigenvalue weighted by Crippen LogP contribution is -2.35. The molecule has 0 aromatic heterocycles. The normalized spacial score (nSPS) is 14.4. The van der Waals surface area contributed by atoms with Gasteiger partial charge in [0.2, 0.25) is 0 Å². The van der Waals surface area contributed by atoms with Crippen LogP contribution < -0.4 is 14.8 Å². The van der Waals surface area contributed by atoms with Crippen molar-refractivity contribution < 1.29 is 33.4 Å². The van der Waals surface area contributed by atoms with Crippen LogP contribution in [0.15, 0.2) is 51.8 Å². The number of anilines is 1. The fourth-order valence-corrected chi connectivity index (χ4v) is 4.56. The van der Waals surface area contributed by atoms with Crippen molar-refractivity contribution in [3.8, 4) is 11.5 Å². The van der Waals surface area contributed by atoms with Crippen molar-refractivity contribution in [1.82, 2.24) is 4.90 Å². The highest BCUT2D eigenvalue weighted by Gasteiger charge is 2.37. The first-order valence-corrected chi connectivity index (χ1v) is 12.7. The van der Waals surface area contributed by atoms with E-state index >= 15 is 0 Å². The molecular weight excluding hydrogens is 552 g/mol. The molecule has 11 heteroatoms. The average molecular weight is 577 g/mol. The lowest BCUT2D eigenvalue weighted by atomic mass is 10.2. The standard InChI is InChI=1S/C25H25BrN2O7S/c1-4-33-19-11-16(12-20-24(31)28(25(32)36-20)13-22(30)35-15(2)3)10-18(26)23(19)34-14-21(29)27-17-8-6-5-7-9-17/h5-12,15H,4,13-14H2,1-3H3,(H,27,29)/b20-12+. The van der Waals surface area contributed by atoms with Crippen molar-refractivity contribution >= 4 is 62.5 Å². The highest BCUT2D eigenvalue weighted by molar-refractivity contribution is 9.10. The number of benzene rings is 2. The predicted octanol–water partition coefficient (Wildman–Crippen LogP) is 4.85. The Morgan fingerprint density at radius 3 is 2.53 bits per heavy atom. The average Bonchev–Trinajstić information content (AvgIpc) is 3.06. The molecule has 0 atom stereocenters. The molecule has 2 aromatic rings. The van der Waals surface area contributed by atoms with Crippen LogP contribution in [-0.2, 0) is 19.1 Å². The largest absolute Gasteiger partial charge is 0.490 e. The summed E-state index contributed by atoms with van der Waals surface area (Å²) in [5.41, 5.74) is 1.21. The Morgan fingerprint density at radius 2 is 1.86 bits per heavy atom. The van der Waals surface area contributed by atoms with Crippen LogP contribution in [0.2, 0.25) is 0 Å². The second kappa shape index (κ2) is 12.6. The molecule has 0 spiro atoms. The van der Waals surface area contributed by atoms with E-state index in [2.05, 4.69) is 21.2 Å². The van der Waals surface area contributed by atoms with Crippen molar-refractivity contribution in [3.63, 3.8) is 0 Å². The molecule has 0 aliphatic carbocycles. The van der Waals surface area contributed by atoms with Crippen LogP contribution in [0, 0.1) is 0 Å². The van der Waals surface area contributed by atoms with Gasteiger partial charge in [0.1, 0.15) is 6.54 Å². The van der Waals surface area contributed by atoms with E-state index in [-0.39, 0.29) is 23.5 Å². The van der Waals surface area contributed by atoms with E-state index in [9.17, 15) is 19.2 Å². The number of carbonyl (C=O) groups excluding carboxylic acids is 4. The number of ether oxygens (including phenoxy) is 3. The predicted molar refractivity (Wildman–Crippen MR) is 140 cm³/mol. The zero-order chi connectivity index (χ0) is 26.2. The number of nitrogens with one attached hydrogen (secondary N) is 1. The summed E-state index contributed by atoms with van der Waals surface area (Å²) in [5.74, 6) is -0.915. The van der Waals surface area contributed by atoms with Crippen LogP contribution in [-0.4, -0.2) is 53.8 Å². The zero-order valence-electron chi connectivity index (χ0n) is 19.9. The summed E-state index contributed by atoms with van der Waals surface area (Å²) in [6.45, 7) is 4.79. The molecular formula is C25H25BrN2O7S. The second-order valence-corrected chi connectivity index (χ2v) is 9.62. The van der Waals surface area contributed by atoms with E-state index in [0.29, 0.717) is 33.8 Å². The number of nitrogens with zero attached hydrogens (tertiary/aromatic N) is 1. The van der Waals surface area contributed by atoms with E-state index in [1.165, 1.54) is 6.08 Å². The van der Waals surface area contributed by atoms with E-state index in [4.69, 9.17) is 14.2 Å².